The summed E-state index contributed by atoms with van der Waals surface area (Å²) in [6.45, 7) is 8.41. The second-order valence-electron chi connectivity index (χ2n) is 10.9. The molecule has 2 aromatic heterocycles. The smallest absolute Gasteiger partial charge is 0.410 e. The van der Waals surface area contributed by atoms with Gasteiger partial charge < -0.3 is 25.2 Å². The van der Waals surface area contributed by atoms with Gasteiger partial charge in [0.2, 0.25) is 0 Å². The molecule has 5 rings (SSSR count). The van der Waals surface area contributed by atoms with Gasteiger partial charge >= 0.3 is 6.09 Å². The van der Waals surface area contributed by atoms with E-state index in [9.17, 15) is 9.59 Å². The van der Waals surface area contributed by atoms with Gasteiger partial charge in [-0.15, -0.1) is 0 Å². The molecule has 192 valence electrons. The van der Waals surface area contributed by atoms with Crippen LogP contribution in [0.5, 0.6) is 0 Å². The van der Waals surface area contributed by atoms with E-state index in [1.807, 2.05) is 45.2 Å². The van der Waals surface area contributed by atoms with Crippen LogP contribution in [0.4, 0.5) is 16.4 Å². The molecule has 1 saturated heterocycles. The van der Waals surface area contributed by atoms with E-state index in [0.29, 0.717) is 44.3 Å². The molecular weight excluding hydrogens is 456 g/mol. The van der Waals surface area contributed by atoms with Gasteiger partial charge in [-0.25, -0.2) is 14.8 Å². The average molecular weight is 493 g/mol. The molecule has 4 heterocycles. The lowest BCUT2D eigenvalue weighted by Gasteiger charge is -2.36. The minimum absolute atomic E-state index is 0.0723. The first-order valence-corrected chi connectivity index (χ1v) is 13.0. The maximum absolute atomic E-state index is 12.6. The molecule has 0 bridgehead atoms. The highest BCUT2D eigenvalue weighted by atomic mass is 16.6. The quantitative estimate of drug-likeness (QED) is 0.660. The van der Waals surface area contributed by atoms with Crippen molar-refractivity contribution < 1.29 is 14.3 Å². The van der Waals surface area contributed by atoms with Crippen molar-refractivity contribution in [2.75, 3.05) is 36.4 Å². The Morgan fingerprint density at radius 2 is 1.86 bits per heavy atom. The SMILES string of the molecule is CC(C)(C)OC(=O)N1CCN(c2cc3c(c(-c4ccnc(NC5CCCCC5)c4)n2)CNC3=O)CC1. The normalized spacial score (nSPS) is 18.6. The number of aromatic nitrogens is 2. The predicted molar refractivity (Wildman–Crippen MR) is 139 cm³/mol. The van der Waals surface area contributed by atoms with Crippen molar-refractivity contribution >= 4 is 23.6 Å². The molecule has 2 aromatic rings. The van der Waals surface area contributed by atoms with Crippen molar-refractivity contribution in [2.24, 2.45) is 0 Å². The largest absolute Gasteiger partial charge is 0.444 e. The third kappa shape index (κ3) is 5.39. The van der Waals surface area contributed by atoms with Gasteiger partial charge in [-0.05, 0) is 51.8 Å². The van der Waals surface area contributed by atoms with Gasteiger partial charge in [0.15, 0.2) is 0 Å². The molecule has 0 spiro atoms. The van der Waals surface area contributed by atoms with Crippen molar-refractivity contribution in [1.82, 2.24) is 20.2 Å². The Bertz CT molecular complexity index is 1130. The highest BCUT2D eigenvalue weighted by Crippen LogP contribution is 2.32. The number of nitrogens with one attached hydrogen (secondary N) is 2. The van der Waals surface area contributed by atoms with Crippen LogP contribution >= 0.6 is 0 Å². The molecule has 36 heavy (non-hydrogen) atoms. The van der Waals surface area contributed by atoms with E-state index in [1.165, 1.54) is 32.1 Å². The number of carbonyl (C=O) groups is 2. The summed E-state index contributed by atoms with van der Waals surface area (Å²) in [7, 11) is 0. The molecule has 9 heteroatoms. The summed E-state index contributed by atoms with van der Waals surface area (Å²) in [5.74, 6) is 1.53. The Morgan fingerprint density at radius 1 is 1.11 bits per heavy atom. The van der Waals surface area contributed by atoms with Crippen molar-refractivity contribution in [3.05, 3.63) is 35.5 Å². The molecule has 2 aliphatic heterocycles. The third-order valence-corrected chi connectivity index (χ3v) is 7.03. The number of hydrogen-bond acceptors (Lipinski definition) is 7. The van der Waals surface area contributed by atoms with Crippen LogP contribution in [-0.2, 0) is 11.3 Å². The van der Waals surface area contributed by atoms with Gasteiger partial charge in [0, 0.05) is 56.1 Å². The summed E-state index contributed by atoms with van der Waals surface area (Å²) in [5, 5.41) is 6.55. The first kappa shape index (κ1) is 24.3. The first-order chi connectivity index (χ1) is 17.3. The van der Waals surface area contributed by atoms with Crippen LogP contribution in [0.3, 0.4) is 0 Å². The molecule has 1 aliphatic carbocycles. The first-order valence-electron chi connectivity index (χ1n) is 13.0. The topological polar surface area (TPSA) is 99.7 Å². The van der Waals surface area contributed by atoms with Crippen LogP contribution in [0.2, 0.25) is 0 Å². The highest BCUT2D eigenvalue weighted by Gasteiger charge is 2.30. The lowest BCUT2D eigenvalue weighted by molar-refractivity contribution is 0.0240. The van der Waals surface area contributed by atoms with Gasteiger partial charge in [-0.1, -0.05) is 19.3 Å². The molecule has 0 atom stereocenters. The maximum atomic E-state index is 12.6. The summed E-state index contributed by atoms with van der Waals surface area (Å²) >= 11 is 0. The van der Waals surface area contributed by atoms with Crippen LogP contribution in [-0.4, -0.2) is 64.7 Å². The molecular formula is C27H36N6O3. The zero-order chi connectivity index (χ0) is 25.3. The zero-order valence-electron chi connectivity index (χ0n) is 21.5. The van der Waals surface area contributed by atoms with E-state index in [2.05, 4.69) is 20.5 Å². The van der Waals surface area contributed by atoms with E-state index in [1.54, 1.807) is 4.90 Å². The minimum Gasteiger partial charge on any atom is -0.444 e. The number of fused-ring (bicyclic) bond motifs is 1. The molecule has 0 radical (unpaired) electrons. The summed E-state index contributed by atoms with van der Waals surface area (Å²) < 4.78 is 5.52. The second kappa shape index (κ2) is 9.95. The van der Waals surface area contributed by atoms with Gasteiger partial charge in [-0.2, -0.15) is 0 Å². The highest BCUT2D eigenvalue weighted by molar-refractivity contribution is 6.01. The monoisotopic (exact) mass is 492 g/mol. The predicted octanol–water partition coefficient (Wildman–Crippen LogP) is 4.19. The van der Waals surface area contributed by atoms with E-state index < -0.39 is 5.60 Å². The second-order valence-corrected chi connectivity index (χ2v) is 10.9. The summed E-state index contributed by atoms with van der Waals surface area (Å²) in [5.41, 5.74) is 2.83. The van der Waals surface area contributed by atoms with Gasteiger partial charge in [-0.3, -0.25) is 4.79 Å². The maximum Gasteiger partial charge on any atom is 0.410 e. The van der Waals surface area contributed by atoms with Crippen LogP contribution in [0.25, 0.3) is 11.3 Å². The minimum atomic E-state index is -0.521. The van der Waals surface area contributed by atoms with E-state index in [4.69, 9.17) is 9.72 Å². The Morgan fingerprint density at radius 3 is 2.58 bits per heavy atom. The van der Waals surface area contributed by atoms with Gasteiger partial charge in [0.1, 0.15) is 17.2 Å². The summed E-state index contributed by atoms with van der Waals surface area (Å²) in [4.78, 5) is 38.6. The molecule has 0 unspecified atom stereocenters. The van der Waals surface area contributed by atoms with Crippen molar-refractivity contribution in [2.45, 2.75) is 71.1 Å². The Labute approximate surface area is 212 Å². The fourth-order valence-corrected chi connectivity index (χ4v) is 5.16. The Balaban J connectivity index is 1.37. The molecule has 2 fully saturated rings. The van der Waals surface area contributed by atoms with Crippen LogP contribution in [0, 0.1) is 0 Å². The third-order valence-electron chi connectivity index (χ3n) is 7.03. The Kier molecular flexibility index (Phi) is 6.73. The number of piperazine rings is 1. The number of rotatable bonds is 4. The Hall–Kier alpha value is -3.36. The number of carbonyl (C=O) groups excluding carboxylic acids is 2. The number of nitrogens with zero attached hydrogens (tertiary/aromatic N) is 4. The fourth-order valence-electron chi connectivity index (χ4n) is 5.16. The molecule has 2 N–H and O–H groups in total. The molecule has 9 nitrogen and oxygen atoms in total. The van der Waals surface area contributed by atoms with Crippen molar-refractivity contribution in [3.63, 3.8) is 0 Å². The van der Waals surface area contributed by atoms with Crippen molar-refractivity contribution in [1.29, 1.82) is 0 Å². The molecule has 2 amide bonds. The number of pyridine rings is 2. The number of amides is 2. The van der Waals surface area contributed by atoms with Crippen molar-refractivity contribution in [3.8, 4) is 11.3 Å². The number of anilines is 2. The molecule has 3 aliphatic rings. The van der Waals surface area contributed by atoms with E-state index in [0.717, 1.165) is 28.5 Å². The van der Waals surface area contributed by atoms with Crippen LogP contribution in [0.15, 0.2) is 24.4 Å². The number of hydrogen-bond donors (Lipinski definition) is 2. The fraction of sp³-hybridized carbons (Fsp3) is 0.556. The lowest BCUT2D eigenvalue weighted by Crippen LogP contribution is -2.50. The van der Waals surface area contributed by atoms with Gasteiger partial charge in [0.25, 0.3) is 5.91 Å². The molecule has 1 saturated carbocycles. The molecule has 0 aromatic carbocycles. The summed E-state index contributed by atoms with van der Waals surface area (Å²) in [6.07, 6.45) is 7.67. The standard InChI is InChI=1S/C27H36N6O3/c1-27(2,3)36-26(35)33-13-11-32(12-14-33)23-16-20-21(17-29-25(20)34)24(31-23)18-9-10-28-22(15-18)30-19-7-5-4-6-8-19/h9-10,15-16,19H,4-8,11-14,17H2,1-3H3,(H,28,30)(H,29,34). The van der Waals surface area contributed by atoms with Gasteiger partial charge in [0.05, 0.1) is 11.3 Å². The average Bonchev–Trinajstić information content (AvgIpc) is 3.24. The zero-order valence-corrected chi connectivity index (χ0v) is 21.5. The lowest BCUT2D eigenvalue weighted by atomic mass is 9.95. The van der Waals surface area contributed by atoms with Crippen LogP contribution in [0.1, 0.15) is 68.8 Å². The van der Waals surface area contributed by atoms with Crippen LogP contribution < -0.4 is 15.5 Å². The summed E-state index contributed by atoms with van der Waals surface area (Å²) in [6, 6.07) is 6.34. The van der Waals surface area contributed by atoms with E-state index >= 15 is 0 Å². The number of ether oxygens (including phenoxy) is 1. The van der Waals surface area contributed by atoms with E-state index in [-0.39, 0.29) is 12.0 Å².